The molecule has 1 atom stereocenters. The molecule has 94 valence electrons. The highest BCUT2D eigenvalue weighted by atomic mass is 19.1. The number of halogens is 1. The van der Waals surface area contributed by atoms with Crippen molar-refractivity contribution < 1.29 is 4.39 Å². The van der Waals surface area contributed by atoms with Gasteiger partial charge in [-0.25, -0.2) is 0 Å². The monoisotopic (exact) mass is 228 g/mol. The fourth-order valence-corrected chi connectivity index (χ4v) is 3.28. The van der Waals surface area contributed by atoms with Crippen LogP contribution in [0.15, 0.2) is 0 Å². The second kappa shape index (κ2) is 5.46. The van der Waals surface area contributed by atoms with Gasteiger partial charge in [0.2, 0.25) is 0 Å². The summed E-state index contributed by atoms with van der Waals surface area (Å²) >= 11 is 0. The Morgan fingerprint density at radius 3 is 2.81 bits per heavy atom. The van der Waals surface area contributed by atoms with Gasteiger partial charge >= 0.3 is 0 Å². The molecule has 1 saturated carbocycles. The Bertz CT molecular complexity index is 214. The summed E-state index contributed by atoms with van der Waals surface area (Å²) in [6.45, 7) is 5.31. The largest absolute Gasteiger partial charge is 0.310 e. The maximum Gasteiger partial charge on any atom is 0.0906 e. The third kappa shape index (κ3) is 2.75. The van der Waals surface area contributed by atoms with E-state index in [1.54, 1.807) is 0 Å². The van der Waals surface area contributed by atoms with E-state index >= 15 is 0 Å². The topological polar surface area (TPSA) is 15.3 Å². The Balaban J connectivity index is 1.97. The molecule has 2 nitrogen and oxygen atoms in total. The van der Waals surface area contributed by atoms with Gasteiger partial charge in [0, 0.05) is 24.7 Å². The van der Waals surface area contributed by atoms with Crippen molar-refractivity contribution in [3.63, 3.8) is 0 Å². The van der Waals surface area contributed by atoms with E-state index in [4.69, 9.17) is 0 Å². The van der Waals surface area contributed by atoms with Crippen LogP contribution in [-0.2, 0) is 0 Å². The van der Waals surface area contributed by atoms with Crippen LogP contribution >= 0.6 is 0 Å². The number of hydrogen-bond donors (Lipinski definition) is 1. The van der Waals surface area contributed by atoms with Gasteiger partial charge in [-0.2, -0.15) is 0 Å². The molecule has 2 fully saturated rings. The minimum atomic E-state index is -0.177. The zero-order valence-corrected chi connectivity index (χ0v) is 10.5. The Kier molecular flexibility index (Phi) is 4.20. The van der Waals surface area contributed by atoms with Gasteiger partial charge in [-0.05, 0) is 39.2 Å². The molecule has 3 heteroatoms. The predicted molar refractivity (Wildman–Crippen MR) is 65.4 cm³/mol. The van der Waals surface area contributed by atoms with Crippen LogP contribution in [-0.4, -0.2) is 42.8 Å². The fraction of sp³-hybridized carbons (Fsp3) is 1.00. The molecule has 1 N–H and O–H groups in total. The zero-order chi connectivity index (χ0) is 11.4. The lowest BCUT2D eigenvalue weighted by atomic mass is 9.97. The van der Waals surface area contributed by atoms with Crippen molar-refractivity contribution >= 4 is 0 Å². The van der Waals surface area contributed by atoms with Crippen molar-refractivity contribution in [3.05, 3.63) is 0 Å². The molecule has 0 amide bonds. The summed E-state index contributed by atoms with van der Waals surface area (Å²) in [6.07, 6.45) is 7.24. The lowest BCUT2D eigenvalue weighted by Gasteiger charge is -2.35. The van der Waals surface area contributed by atoms with Crippen LogP contribution in [0, 0.1) is 0 Å². The van der Waals surface area contributed by atoms with Gasteiger partial charge in [0.15, 0.2) is 0 Å². The van der Waals surface area contributed by atoms with E-state index in [0.29, 0.717) is 18.0 Å². The highest BCUT2D eigenvalue weighted by Crippen LogP contribution is 2.32. The molecule has 0 aromatic rings. The molecule has 1 aliphatic heterocycles. The fourth-order valence-electron chi connectivity index (χ4n) is 3.28. The Morgan fingerprint density at radius 2 is 2.12 bits per heavy atom. The average Bonchev–Trinajstić information content (AvgIpc) is 2.66. The van der Waals surface area contributed by atoms with Gasteiger partial charge in [0.1, 0.15) is 0 Å². The van der Waals surface area contributed by atoms with Crippen LogP contribution in [0.25, 0.3) is 0 Å². The summed E-state index contributed by atoms with van der Waals surface area (Å²) in [5.74, 6) is 0. The minimum absolute atomic E-state index is 0.177. The normalized spacial score (nSPS) is 30.8. The van der Waals surface area contributed by atoms with E-state index in [9.17, 15) is 4.39 Å². The molecule has 1 saturated heterocycles. The maximum absolute atomic E-state index is 12.3. The summed E-state index contributed by atoms with van der Waals surface area (Å²) in [5, 5.41) is 3.76. The minimum Gasteiger partial charge on any atom is -0.310 e. The van der Waals surface area contributed by atoms with Gasteiger partial charge in [-0.3, -0.25) is 9.29 Å². The number of nitrogens with one attached hydrogen (secondary N) is 1. The van der Waals surface area contributed by atoms with E-state index < -0.39 is 0 Å². The SMILES string of the molecule is CC1CCNC2(CCCC2)CN1CCCF. The lowest BCUT2D eigenvalue weighted by Crippen LogP contribution is -2.50. The number of hydrogen-bond acceptors (Lipinski definition) is 2. The first-order chi connectivity index (χ1) is 7.76. The van der Waals surface area contributed by atoms with Gasteiger partial charge in [0.05, 0.1) is 6.67 Å². The van der Waals surface area contributed by atoms with E-state index in [1.165, 1.54) is 32.1 Å². The van der Waals surface area contributed by atoms with Crippen LogP contribution in [0.2, 0.25) is 0 Å². The molecule has 0 aromatic heterocycles. The van der Waals surface area contributed by atoms with E-state index in [2.05, 4.69) is 17.1 Å². The molecule has 0 aromatic carbocycles. The average molecular weight is 228 g/mol. The number of rotatable bonds is 3. The molecule has 1 unspecified atom stereocenters. The summed E-state index contributed by atoms with van der Waals surface area (Å²) in [4.78, 5) is 2.50. The van der Waals surface area contributed by atoms with Crippen molar-refractivity contribution in [2.24, 2.45) is 0 Å². The highest BCUT2D eigenvalue weighted by Gasteiger charge is 2.37. The second-order valence-corrected chi connectivity index (χ2v) is 5.56. The van der Waals surface area contributed by atoms with Gasteiger partial charge in [-0.15, -0.1) is 0 Å². The van der Waals surface area contributed by atoms with Crippen LogP contribution in [0.3, 0.4) is 0 Å². The first kappa shape index (κ1) is 12.3. The maximum atomic E-state index is 12.3. The van der Waals surface area contributed by atoms with Gasteiger partial charge in [-0.1, -0.05) is 12.8 Å². The molecule has 16 heavy (non-hydrogen) atoms. The highest BCUT2D eigenvalue weighted by molar-refractivity contribution is 4.98. The number of alkyl halides is 1. The van der Waals surface area contributed by atoms with Gasteiger partial charge in [0.25, 0.3) is 0 Å². The smallest absolute Gasteiger partial charge is 0.0906 e. The first-order valence-corrected chi connectivity index (χ1v) is 6.81. The van der Waals surface area contributed by atoms with Crippen LogP contribution in [0.5, 0.6) is 0 Å². The molecule has 1 spiro atoms. The first-order valence-electron chi connectivity index (χ1n) is 6.81. The van der Waals surface area contributed by atoms with Crippen molar-refractivity contribution in [2.75, 3.05) is 26.3 Å². The zero-order valence-electron chi connectivity index (χ0n) is 10.5. The number of nitrogens with zero attached hydrogens (tertiary/aromatic N) is 1. The molecular formula is C13H25FN2. The molecule has 2 rings (SSSR count). The Hall–Kier alpha value is -0.150. The third-order valence-electron chi connectivity index (χ3n) is 4.33. The summed E-state index contributed by atoms with van der Waals surface area (Å²) in [7, 11) is 0. The van der Waals surface area contributed by atoms with Gasteiger partial charge < -0.3 is 5.32 Å². The molecule has 0 bridgehead atoms. The summed E-state index contributed by atoms with van der Waals surface area (Å²) < 4.78 is 12.3. The van der Waals surface area contributed by atoms with Crippen molar-refractivity contribution in [3.8, 4) is 0 Å². The van der Waals surface area contributed by atoms with Crippen LogP contribution in [0.4, 0.5) is 4.39 Å². The van der Waals surface area contributed by atoms with Crippen molar-refractivity contribution in [1.82, 2.24) is 10.2 Å². The molecule has 2 aliphatic rings. The summed E-state index contributed by atoms with van der Waals surface area (Å²) in [6, 6.07) is 0.610. The predicted octanol–water partition coefficient (Wildman–Crippen LogP) is 2.34. The van der Waals surface area contributed by atoms with Crippen molar-refractivity contribution in [1.29, 1.82) is 0 Å². The second-order valence-electron chi connectivity index (χ2n) is 5.56. The molecule has 1 aliphatic carbocycles. The van der Waals surface area contributed by atoms with E-state index in [1.807, 2.05) is 0 Å². The van der Waals surface area contributed by atoms with E-state index in [-0.39, 0.29) is 6.67 Å². The molecule has 0 radical (unpaired) electrons. The van der Waals surface area contributed by atoms with Crippen LogP contribution in [0.1, 0.15) is 45.4 Å². The quantitative estimate of drug-likeness (QED) is 0.797. The Morgan fingerprint density at radius 1 is 1.38 bits per heavy atom. The summed E-state index contributed by atoms with van der Waals surface area (Å²) in [5.41, 5.74) is 0.362. The molecule has 1 heterocycles. The third-order valence-corrected chi connectivity index (χ3v) is 4.33. The van der Waals surface area contributed by atoms with Crippen molar-refractivity contribution in [2.45, 2.75) is 57.0 Å². The molecular weight excluding hydrogens is 203 g/mol. The van der Waals surface area contributed by atoms with Crippen LogP contribution < -0.4 is 5.32 Å². The standard InChI is InChI=1S/C13H25FN2/c1-12-5-9-15-13(6-2-3-7-13)11-16(12)10-4-8-14/h12,15H,2-11H2,1H3. The lowest BCUT2D eigenvalue weighted by molar-refractivity contribution is 0.162. The van der Waals surface area contributed by atoms with E-state index in [0.717, 1.165) is 19.6 Å². The Labute approximate surface area is 98.6 Å².